The van der Waals surface area contributed by atoms with E-state index in [9.17, 15) is 4.79 Å². The number of amides is 1. The summed E-state index contributed by atoms with van der Waals surface area (Å²) in [6, 6.07) is 6.32. The minimum atomic E-state index is 0.133. The van der Waals surface area contributed by atoms with E-state index in [2.05, 4.69) is 49.6 Å². The molecule has 0 aliphatic rings. The molecular formula is C16H26N2O. The molecule has 3 nitrogen and oxygen atoms in total. The van der Waals surface area contributed by atoms with E-state index in [4.69, 9.17) is 0 Å². The summed E-state index contributed by atoms with van der Waals surface area (Å²) in [5, 5.41) is 6.28. The number of hydrogen-bond acceptors (Lipinski definition) is 2. The molecule has 0 unspecified atom stereocenters. The molecule has 0 fully saturated rings. The second-order valence-electron chi connectivity index (χ2n) is 5.05. The molecule has 0 saturated carbocycles. The minimum Gasteiger partial charge on any atom is -0.384 e. The van der Waals surface area contributed by atoms with Gasteiger partial charge in [0.05, 0.1) is 0 Å². The largest absolute Gasteiger partial charge is 0.384 e. The molecule has 1 amide bonds. The van der Waals surface area contributed by atoms with Crippen LogP contribution in [-0.4, -0.2) is 19.0 Å². The SMILES string of the molecule is CCCCCNC(=O)CCNc1cc(C)ccc1C. The van der Waals surface area contributed by atoms with Crippen LogP contribution < -0.4 is 10.6 Å². The lowest BCUT2D eigenvalue weighted by Crippen LogP contribution is -2.26. The highest BCUT2D eigenvalue weighted by molar-refractivity contribution is 5.76. The Bertz CT molecular complexity index is 402. The number of anilines is 1. The van der Waals surface area contributed by atoms with Gasteiger partial charge in [-0.1, -0.05) is 31.9 Å². The molecule has 0 aliphatic carbocycles. The second kappa shape index (κ2) is 8.57. The van der Waals surface area contributed by atoms with Crippen LogP contribution in [0.1, 0.15) is 43.7 Å². The Morgan fingerprint density at radius 1 is 1.16 bits per heavy atom. The highest BCUT2D eigenvalue weighted by Gasteiger charge is 2.02. The second-order valence-corrected chi connectivity index (χ2v) is 5.05. The fourth-order valence-corrected chi connectivity index (χ4v) is 1.93. The number of unbranched alkanes of at least 4 members (excludes halogenated alkanes) is 2. The van der Waals surface area contributed by atoms with Crippen LogP contribution in [0.15, 0.2) is 18.2 Å². The number of carbonyl (C=O) groups excluding carboxylic acids is 1. The van der Waals surface area contributed by atoms with Gasteiger partial charge in [0.15, 0.2) is 0 Å². The van der Waals surface area contributed by atoms with Gasteiger partial charge in [0.25, 0.3) is 0 Å². The Balaban J connectivity index is 2.22. The van der Waals surface area contributed by atoms with Gasteiger partial charge >= 0.3 is 0 Å². The zero-order valence-corrected chi connectivity index (χ0v) is 12.4. The molecule has 1 aromatic carbocycles. The van der Waals surface area contributed by atoms with Gasteiger partial charge in [-0.3, -0.25) is 4.79 Å². The number of nitrogens with one attached hydrogen (secondary N) is 2. The Kier molecular flexibility index (Phi) is 7.01. The van der Waals surface area contributed by atoms with E-state index in [-0.39, 0.29) is 5.91 Å². The van der Waals surface area contributed by atoms with Crippen molar-refractivity contribution in [1.29, 1.82) is 0 Å². The van der Waals surface area contributed by atoms with Gasteiger partial charge in [0.1, 0.15) is 0 Å². The quantitative estimate of drug-likeness (QED) is 0.705. The third-order valence-electron chi connectivity index (χ3n) is 3.16. The normalized spacial score (nSPS) is 10.3. The average Bonchev–Trinajstić information content (AvgIpc) is 2.39. The lowest BCUT2D eigenvalue weighted by molar-refractivity contribution is -0.120. The molecular weight excluding hydrogens is 236 g/mol. The van der Waals surface area contributed by atoms with Crippen LogP contribution in [0.5, 0.6) is 0 Å². The first-order valence-corrected chi connectivity index (χ1v) is 7.21. The molecule has 0 aromatic heterocycles. The molecule has 1 aromatic rings. The van der Waals surface area contributed by atoms with E-state index in [0.29, 0.717) is 13.0 Å². The van der Waals surface area contributed by atoms with E-state index in [1.165, 1.54) is 24.0 Å². The topological polar surface area (TPSA) is 41.1 Å². The molecule has 0 radical (unpaired) electrons. The van der Waals surface area contributed by atoms with Gasteiger partial charge in [-0.15, -0.1) is 0 Å². The van der Waals surface area contributed by atoms with E-state index < -0.39 is 0 Å². The fraction of sp³-hybridized carbons (Fsp3) is 0.562. The first kappa shape index (κ1) is 15.5. The number of carbonyl (C=O) groups is 1. The van der Waals surface area contributed by atoms with Crippen molar-refractivity contribution in [3.8, 4) is 0 Å². The Hall–Kier alpha value is -1.51. The average molecular weight is 262 g/mol. The summed E-state index contributed by atoms with van der Waals surface area (Å²) >= 11 is 0. The lowest BCUT2D eigenvalue weighted by Gasteiger charge is -2.10. The summed E-state index contributed by atoms with van der Waals surface area (Å²) in [6.07, 6.45) is 3.97. The van der Waals surface area contributed by atoms with Crippen LogP contribution in [0.25, 0.3) is 0 Å². The van der Waals surface area contributed by atoms with E-state index in [0.717, 1.165) is 18.7 Å². The Labute approximate surface area is 116 Å². The molecule has 0 aliphatic heterocycles. The third-order valence-corrected chi connectivity index (χ3v) is 3.16. The van der Waals surface area contributed by atoms with Crippen LogP contribution in [0.3, 0.4) is 0 Å². The van der Waals surface area contributed by atoms with Gasteiger partial charge in [-0.2, -0.15) is 0 Å². The number of rotatable bonds is 8. The van der Waals surface area contributed by atoms with E-state index in [1.54, 1.807) is 0 Å². The first-order chi connectivity index (χ1) is 9.13. The Morgan fingerprint density at radius 3 is 2.68 bits per heavy atom. The summed E-state index contributed by atoms with van der Waals surface area (Å²) in [5.41, 5.74) is 3.57. The summed E-state index contributed by atoms with van der Waals surface area (Å²) in [6.45, 7) is 7.80. The van der Waals surface area contributed by atoms with Crippen molar-refractivity contribution in [3.63, 3.8) is 0 Å². The van der Waals surface area contributed by atoms with Crippen molar-refractivity contribution >= 4 is 11.6 Å². The monoisotopic (exact) mass is 262 g/mol. The van der Waals surface area contributed by atoms with Gasteiger partial charge in [0.2, 0.25) is 5.91 Å². The molecule has 19 heavy (non-hydrogen) atoms. The Morgan fingerprint density at radius 2 is 1.95 bits per heavy atom. The van der Waals surface area contributed by atoms with Crippen molar-refractivity contribution in [1.82, 2.24) is 5.32 Å². The highest BCUT2D eigenvalue weighted by Crippen LogP contribution is 2.15. The molecule has 0 saturated heterocycles. The van der Waals surface area contributed by atoms with Gasteiger partial charge < -0.3 is 10.6 Å². The summed E-state index contributed by atoms with van der Waals surface area (Å²) in [5.74, 6) is 0.133. The maximum Gasteiger partial charge on any atom is 0.221 e. The maximum atomic E-state index is 11.6. The standard InChI is InChI=1S/C16H26N2O/c1-4-5-6-10-18-16(19)9-11-17-15-12-13(2)7-8-14(15)3/h7-8,12,17H,4-6,9-11H2,1-3H3,(H,18,19). The van der Waals surface area contributed by atoms with Crippen molar-refractivity contribution < 1.29 is 4.79 Å². The molecule has 0 atom stereocenters. The molecule has 2 N–H and O–H groups in total. The van der Waals surface area contributed by atoms with E-state index >= 15 is 0 Å². The molecule has 1 rings (SSSR count). The summed E-state index contributed by atoms with van der Waals surface area (Å²) < 4.78 is 0. The smallest absolute Gasteiger partial charge is 0.221 e. The minimum absolute atomic E-state index is 0.133. The van der Waals surface area contributed by atoms with E-state index in [1.807, 2.05) is 0 Å². The van der Waals surface area contributed by atoms with Crippen molar-refractivity contribution in [2.24, 2.45) is 0 Å². The first-order valence-electron chi connectivity index (χ1n) is 7.21. The van der Waals surface area contributed by atoms with Gasteiger partial charge in [0, 0.05) is 25.2 Å². The predicted octanol–water partition coefficient (Wildman–Crippen LogP) is 3.41. The zero-order valence-electron chi connectivity index (χ0n) is 12.4. The fourth-order valence-electron chi connectivity index (χ4n) is 1.93. The zero-order chi connectivity index (χ0) is 14.1. The van der Waals surface area contributed by atoms with Crippen LogP contribution >= 0.6 is 0 Å². The van der Waals surface area contributed by atoms with Crippen LogP contribution in [0, 0.1) is 13.8 Å². The third kappa shape index (κ3) is 6.27. The summed E-state index contributed by atoms with van der Waals surface area (Å²) in [4.78, 5) is 11.6. The number of aryl methyl sites for hydroxylation is 2. The highest BCUT2D eigenvalue weighted by atomic mass is 16.1. The van der Waals surface area contributed by atoms with Gasteiger partial charge in [-0.05, 0) is 37.5 Å². The van der Waals surface area contributed by atoms with Gasteiger partial charge in [-0.25, -0.2) is 0 Å². The molecule has 0 heterocycles. The number of hydrogen-bond donors (Lipinski definition) is 2. The molecule has 3 heteroatoms. The molecule has 0 spiro atoms. The maximum absolute atomic E-state index is 11.6. The van der Waals surface area contributed by atoms with Crippen molar-refractivity contribution in [2.45, 2.75) is 46.5 Å². The molecule has 106 valence electrons. The van der Waals surface area contributed by atoms with Crippen molar-refractivity contribution in [2.75, 3.05) is 18.4 Å². The van der Waals surface area contributed by atoms with Crippen LogP contribution in [0.2, 0.25) is 0 Å². The lowest BCUT2D eigenvalue weighted by atomic mass is 10.1. The van der Waals surface area contributed by atoms with Crippen molar-refractivity contribution in [3.05, 3.63) is 29.3 Å². The van der Waals surface area contributed by atoms with Crippen LogP contribution in [0.4, 0.5) is 5.69 Å². The number of benzene rings is 1. The summed E-state index contributed by atoms with van der Waals surface area (Å²) in [7, 11) is 0. The molecule has 0 bridgehead atoms. The predicted molar refractivity (Wildman–Crippen MR) is 81.6 cm³/mol. The van der Waals surface area contributed by atoms with Crippen LogP contribution in [-0.2, 0) is 4.79 Å².